The van der Waals surface area contributed by atoms with E-state index in [0.717, 1.165) is 48.9 Å². The molecule has 0 saturated carbocycles. The number of rotatable bonds is 3. The maximum atomic E-state index is 6.17. The van der Waals surface area contributed by atoms with Crippen molar-refractivity contribution in [2.75, 3.05) is 18.0 Å². The Kier molecular flexibility index (Phi) is 4.33. The van der Waals surface area contributed by atoms with Crippen molar-refractivity contribution in [1.29, 1.82) is 0 Å². The summed E-state index contributed by atoms with van der Waals surface area (Å²) in [5.41, 5.74) is 3.45. The molecule has 4 rings (SSSR count). The average Bonchev–Trinajstić information content (AvgIpc) is 3.26. The number of aromatic amines is 1. The first-order valence-electron chi connectivity index (χ1n) is 8.70. The highest BCUT2D eigenvalue weighted by atomic mass is 35.5. The van der Waals surface area contributed by atoms with Gasteiger partial charge in [-0.25, -0.2) is 9.67 Å². The fraction of sp³-hybridized carbons (Fsp3) is 0.529. The maximum Gasteiger partial charge on any atom is 0.246 e. The van der Waals surface area contributed by atoms with Crippen LogP contribution in [0.5, 0.6) is 0 Å². The van der Waals surface area contributed by atoms with E-state index in [0.29, 0.717) is 5.92 Å². The zero-order valence-corrected chi connectivity index (χ0v) is 15.2. The highest BCUT2D eigenvalue weighted by molar-refractivity contribution is 6.32. The Morgan fingerprint density at radius 1 is 1.24 bits per heavy atom. The zero-order valence-electron chi connectivity index (χ0n) is 14.5. The molecule has 1 unspecified atom stereocenters. The minimum atomic E-state index is 0.124. The molecule has 1 atom stereocenters. The molecule has 1 saturated heterocycles. The number of hydrogen-bond acceptors (Lipinski definition) is 5. The zero-order chi connectivity index (χ0) is 17.4. The summed E-state index contributed by atoms with van der Waals surface area (Å²) in [6, 6.07) is 0.124. The highest BCUT2D eigenvalue weighted by Crippen LogP contribution is 2.33. The molecule has 1 fully saturated rings. The number of H-pyrrole nitrogens is 1. The van der Waals surface area contributed by atoms with Crippen LogP contribution in [0.25, 0.3) is 0 Å². The van der Waals surface area contributed by atoms with Gasteiger partial charge >= 0.3 is 0 Å². The second-order valence-electron chi connectivity index (χ2n) is 6.80. The molecule has 8 heteroatoms. The molecule has 1 aliphatic carbocycles. The number of halogens is 1. The second-order valence-corrected chi connectivity index (χ2v) is 7.21. The van der Waals surface area contributed by atoms with Gasteiger partial charge in [-0.3, -0.25) is 0 Å². The van der Waals surface area contributed by atoms with E-state index in [1.165, 1.54) is 11.4 Å². The predicted molar refractivity (Wildman–Crippen MR) is 96.7 cm³/mol. The molecular formula is C17H22ClN7. The molecule has 3 heterocycles. The summed E-state index contributed by atoms with van der Waals surface area (Å²) in [5.74, 6) is 1.35. The van der Waals surface area contributed by atoms with Gasteiger partial charge in [0.1, 0.15) is 0 Å². The van der Waals surface area contributed by atoms with Crippen LogP contribution >= 0.6 is 11.6 Å². The SMILES string of the molecule is CC1=CC(n2nnnc2N2CCC(c3nc[nH]c3C)CC2)CC=C1Cl. The Bertz CT molecular complexity index is 811. The van der Waals surface area contributed by atoms with E-state index in [1.54, 1.807) is 6.33 Å². The van der Waals surface area contributed by atoms with Crippen LogP contribution in [-0.2, 0) is 0 Å². The topological polar surface area (TPSA) is 75.5 Å². The van der Waals surface area contributed by atoms with Crippen LogP contribution in [0.3, 0.4) is 0 Å². The molecule has 0 spiro atoms. The second kappa shape index (κ2) is 6.63. The van der Waals surface area contributed by atoms with Crippen LogP contribution in [0.1, 0.15) is 49.5 Å². The Balaban J connectivity index is 1.48. The number of imidazole rings is 1. The van der Waals surface area contributed by atoms with E-state index in [2.05, 4.69) is 43.4 Å². The van der Waals surface area contributed by atoms with Gasteiger partial charge in [0, 0.05) is 29.7 Å². The lowest BCUT2D eigenvalue weighted by molar-refractivity contribution is 0.465. The van der Waals surface area contributed by atoms with Gasteiger partial charge in [-0.15, -0.1) is 0 Å². The van der Waals surface area contributed by atoms with E-state index >= 15 is 0 Å². The Hall–Kier alpha value is -2.15. The summed E-state index contributed by atoms with van der Waals surface area (Å²) in [4.78, 5) is 9.95. The average molecular weight is 360 g/mol. The fourth-order valence-corrected chi connectivity index (χ4v) is 3.89. The monoisotopic (exact) mass is 359 g/mol. The molecule has 0 bridgehead atoms. The molecule has 2 aromatic rings. The lowest BCUT2D eigenvalue weighted by Crippen LogP contribution is -2.35. The van der Waals surface area contributed by atoms with Crippen molar-refractivity contribution >= 4 is 17.5 Å². The van der Waals surface area contributed by atoms with Gasteiger partial charge in [0.2, 0.25) is 5.95 Å². The Labute approximate surface area is 151 Å². The van der Waals surface area contributed by atoms with Gasteiger partial charge in [-0.1, -0.05) is 28.9 Å². The first-order valence-corrected chi connectivity index (χ1v) is 9.08. The number of allylic oxidation sites excluding steroid dienone is 4. The van der Waals surface area contributed by atoms with E-state index in [4.69, 9.17) is 11.6 Å². The Morgan fingerprint density at radius 3 is 2.72 bits per heavy atom. The van der Waals surface area contributed by atoms with Gasteiger partial charge in [0.05, 0.1) is 18.1 Å². The van der Waals surface area contributed by atoms with Crippen molar-refractivity contribution in [3.63, 3.8) is 0 Å². The van der Waals surface area contributed by atoms with Crippen molar-refractivity contribution in [1.82, 2.24) is 30.2 Å². The Morgan fingerprint density at radius 2 is 2.04 bits per heavy atom. The molecule has 2 aromatic heterocycles. The van der Waals surface area contributed by atoms with Gasteiger partial charge in [-0.05, 0) is 49.1 Å². The lowest BCUT2D eigenvalue weighted by atomic mass is 9.92. The molecule has 0 aromatic carbocycles. The molecule has 7 nitrogen and oxygen atoms in total. The molecular weight excluding hydrogens is 338 g/mol. The van der Waals surface area contributed by atoms with Crippen molar-refractivity contribution in [2.45, 2.75) is 45.1 Å². The number of aryl methyl sites for hydroxylation is 1. The number of hydrogen-bond donors (Lipinski definition) is 1. The molecule has 25 heavy (non-hydrogen) atoms. The van der Waals surface area contributed by atoms with Crippen LogP contribution in [0.15, 0.2) is 29.1 Å². The number of nitrogens with one attached hydrogen (secondary N) is 1. The maximum absolute atomic E-state index is 6.17. The largest absolute Gasteiger partial charge is 0.348 e. The summed E-state index contributed by atoms with van der Waals surface area (Å²) < 4.78 is 1.92. The van der Waals surface area contributed by atoms with Crippen molar-refractivity contribution < 1.29 is 0 Å². The third-order valence-corrected chi connectivity index (χ3v) is 5.63. The van der Waals surface area contributed by atoms with E-state index in [9.17, 15) is 0 Å². The summed E-state index contributed by atoms with van der Waals surface area (Å²) in [7, 11) is 0. The highest BCUT2D eigenvalue weighted by Gasteiger charge is 2.28. The number of piperidine rings is 1. The van der Waals surface area contributed by atoms with Crippen LogP contribution in [0.4, 0.5) is 5.95 Å². The summed E-state index contributed by atoms with van der Waals surface area (Å²) in [5, 5.41) is 13.3. The molecule has 1 aliphatic heterocycles. The molecule has 2 aliphatic rings. The third kappa shape index (κ3) is 3.08. The van der Waals surface area contributed by atoms with Crippen LogP contribution in [-0.4, -0.2) is 43.3 Å². The quantitative estimate of drug-likeness (QED) is 0.911. The van der Waals surface area contributed by atoms with Crippen LogP contribution in [0, 0.1) is 6.92 Å². The fourth-order valence-electron chi connectivity index (χ4n) is 3.74. The number of tetrazole rings is 1. The van der Waals surface area contributed by atoms with Crippen LogP contribution in [0.2, 0.25) is 0 Å². The number of nitrogens with zero attached hydrogens (tertiary/aromatic N) is 6. The predicted octanol–water partition coefficient (Wildman–Crippen LogP) is 3.10. The smallest absolute Gasteiger partial charge is 0.246 e. The summed E-state index contributed by atoms with van der Waals surface area (Å²) in [6.07, 6.45) is 8.90. The van der Waals surface area contributed by atoms with E-state index in [1.807, 2.05) is 17.7 Å². The van der Waals surface area contributed by atoms with Crippen molar-refractivity contribution in [2.24, 2.45) is 0 Å². The van der Waals surface area contributed by atoms with Crippen LogP contribution < -0.4 is 4.90 Å². The van der Waals surface area contributed by atoms with Gasteiger partial charge in [0.25, 0.3) is 0 Å². The summed E-state index contributed by atoms with van der Waals surface area (Å²) in [6.45, 7) is 5.98. The first-order chi connectivity index (χ1) is 12.1. The standard InChI is InChI=1S/C17H22ClN7/c1-11-9-14(3-4-15(11)18)25-17(21-22-23-25)24-7-5-13(6-8-24)16-12(2)19-10-20-16/h4,9-10,13-14H,3,5-8H2,1-2H3,(H,19,20). The minimum absolute atomic E-state index is 0.124. The first kappa shape index (κ1) is 16.3. The molecule has 0 amide bonds. The van der Waals surface area contributed by atoms with Crippen molar-refractivity contribution in [3.8, 4) is 0 Å². The normalized spacial score (nSPS) is 22.0. The van der Waals surface area contributed by atoms with E-state index < -0.39 is 0 Å². The van der Waals surface area contributed by atoms with Gasteiger partial charge in [0.15, 0.2) is 0 Å². The molecule has 0 radical (unpaired) electrons. The van der Waals surface area contributed by atoms with Gasteiger partial charge < -0.3 is 9.88 Å². The molecule has 132 valence electrons. The minimum Gasteiger partial charge on any atom is -0.348 e. The third-order valence-electron chi connectivity index (χ3n) is 5.18. The van der Waals surface area contributed by atoms with Crippen molar-refractivity contribution in [3.05, 3.63) is 40.5 Å². The number of aromatic nitrogens is 6. The summed E-state index contributed by atoms with van der Waals surface area (Å²) >= 11 is 6.17. The lowest BCUT2D eigenvalue weighted by Gasteiger charge is -2.32. The van der Waals surface area contributed by atoms with Gasteiger partial charge in [-0.2, -0.15) is 0 Å². The van der Waals surface area contributed by atoms with E-state index in [-0.39, 0.29) is 6.04 Å². The number of anilines is 1. The molecule has 1 N–H and O–H groups in total.